The minimum absolute atomic E-state index is 0.132. The number of nitrogens with zero attached hydrogens (tertiary/aromatic N) is 1. The first-order chi connectivity index (χ1) is 12.6. The fraction of sp³-hybridized carbons (Fsp3) is 0.250. The Kier molecular flexibility index (Phi) is 5.76. The molecule has 0 aliphatic heterocycles. The molecule has 136 valence electrons. The second-order valence-electron chi connectivity index (χ2n) is 6.06. The van der Waals surface area contributed by atoms with E-state index in [4.69, 9.17) is 13.6 Å². The van der Waals surface area contributed by atoms with Crippen LogP contribution >= 0.6 is 0 Å². The van der Waals surface area contributed by atoms with Crippen molar-refractivity contribution in [2.24, 2.45) is 0 Å². The molecule has 0 aliphatic rings. The van der Waals surface area contributed by atoms with Gasteiger partial charge in [0.15, 0.2) is 0 Å². The fourth-order valence-electron chi connectivity index (χ4n) is 2.73. The Morgan fingerprint density at radius 3 is 2.27 bits per heavy atom. The molecule has 26 heavy (non-hydrogen) atoms. The zero-order chi connectivity index (χ0) is 18.4. The number of nitrogens with one attached hydrogen (secondary N) is 1. The molecule has 0 atom stereocenters. The first-order valence-electron chi connectivity index (χ1n) is 8.35. The van der Waals surface area contributed by atoms with Crippen molar-refractivity contribution in [2.75, 3.05) is 19.0 Å². The maximum Gasteiger partial charge on any atom is 0.238 e. The number of anilines is 1. The van der Waals surface area contributed by atoms with Gasteiger partial charge in [0, 0.05) is 0 Å². The third-order valence-corrected chi connectivity index (χ3v) is 3.92. The standard InChI is InChI=1S/C20H22N2O4/c1-15-7-8-19(24-2)18(11-15)21-20(23)14-22(12-16-5-3-9-25-16)13-17-6-4-10-26-17/h3-11H,12-14H2,1-2H3,(H,21,23). The van der Waals surface area contributed by atoms with E-state index >= 15 is 0 Å². The van der Waals surface area contributed by atoms with Crippen molar-refractivity contribution in [2.45, 2.75) is 20.0 Å². The second-order valence-corrected chi connectivity index (χ2v) is 6.06. The van der Waals surface area contributed by atoms with E-state index in [1.54, 1.807) is 19.6 Å². The molecular formula is C20H22N2O4. The van der Waals surface area contributed by atoms with Gasteiger partial charge in [-0.15, -0.1) is 0 Å². The van der Waals surface area contributed by atoms with Gasteiger partial charge in [-0.1, -0.05) is 6.07 Å². The molecule has 1 N–H and O–H groups in total. The summed E-state index contributed by atoms with van der Waals surface area (Å²) >= 11 is 0. The number of ether oxygens (including phenoxy) is 1. The van der Waals surface area contributed by atoms with Crippen molar-refractivity contribution in [1.29, 1.82) is 0 Å². The van der Waals surface area contributed by atoms with Gasteiger partial charge in [-0.3, -0.25) is 9.69 Å². The van der Waals surface area contributed by atoms with E-state index in [1.165, 1.54) is 0 Å². The molecule has 6 heteroatoms. The molecule has 1 amide bonds. The normalized spacial score (nSPS) is 10.9. The van der Waals surface area contributed by atoms with Crippen molar-refractivity contribution in [3.05, 3.63) is 72.1 Å². The zero-order valence-electron chi connectivity index (χ0n) is 14.9. The minimum Gasteiger partial charge on any atom is -0.495 e. The predicted octanol–water partition coefficient (Wildman–Crippen LogP) is 3.83. The average Bonchev–Trinajstić information content (AvgIpc) is 3.29. The number of rotatable bonds is 8. The molecule has 3 rings (SSSR count). The van der Waals surface area contributed by atoms with Crippen LogP contribution in [0.3, 0.4) is 0 Å². The highest BCUT2D eigenvalue weighted by Gasteiger charge is 2.16. The van der Waals surface area contributed by atoms with E-state index < -0.39 is 0 Å². The van der Waals surface area contributed by atoms with Crippen LogP contribution in [0.25, 0.3) is 0 Å². The topological polar surface area (TPSA) is 67.8 Å². The SMILES string of the molecule is COc1ccc(C)cc1NC(=O)CN(Cc1ccco1)Cc1ccco1. The maximum absolute atomic E-state index is 12.6. The van der Waals surface area contributed by atoms with E-state index in [9.17, 15) is 4.79 Å². The van der Waals surface area contributed by atoms with Gasteiger partial charge >= 0.3 is 0 Å². The lowest BCUT2D eigenvalue weighted by Crippen LogP contribution is -2.32. The summed E-state index contributed by atoms with van der Waals surface area (Å²) < 4.78 is 16.1. The lowest BCUT2D eigenvalue weighted by atomic mass is 10.2. The van der Waals surface area contributed by atoms with Crippen LogP contribution < -0.4 is 10.1 Å². The summed E-state index contributed by atoms with van der Waals surface area (Å²) in [5.41, 5.74) is 1.71. The Bertz CT molecular complexity index is 789. The zero-order valence-corrected chi connectivity index (χ0v) is 14.9. The molecule has 0 spiro atoms. The molecular weight excluding hydrogens is 332 g/mol. The number of methoxy groups -OCH3 is 1. The smallest absolute Gasteiger partial charge is 0.238 e. The first-order valence-corrected chi connectivity index (χ1v) is 8.35. The van der Waals surface area contributed by atoms with Crippen LogP contribution in [0, 0.1) is 6.92 Å². The summed E-state index contributed by atoms with van der Waals surface area (Å²) in [6.07, 6.45) is 3.25. The Hall–Kier alpha value is -2.99. The molecule has 0 fully saturated rings. The molecule has 1 aromatic carbocycles. The van der Waals surface area contributed by atoms with Crippen LogP contribution in [-0.2, 0) is 17.9 Å². The van der Waals surface area contributed by atoms with Crippen LogP contribution in [0.5, 0.6) is 5.75 Å². The summed E-state index contributed by atoms with van der Waals surface area (Å²) in [4.78, 5) is 14.5. The third kappa shape index (κ3) is 4.77. The average molecular weight is 354 g/mol. The van der Waals surface area contributed by atoms with Crippen LogP contribution in [-0.4, -0.2) is 24.5 Å². The van der Waals surface area contributed by atoms with Crippen LogP contribution in [0.2, 0.25) is 0 Å². The third-order valence-electron chi connectivity index (χ3n) is 3.92. The summed E-state index contributed by atoms with van der Waals surface area (Å²) in [7, 11) is 1.58. The molecule has 2 aromatic heterocycles. The summed E-state index contributed by atoms with van der Waals surface area (Å²) in [5.74, 6) is 2.08. The Morgan fingerprint density at radius 1 is 1.08 bits per heavy atom. The number of benzene rings is 1. The summed E-state index contributed by atoms with van der Waals surface area (Å²) in [6.45, 7) is 3.17. The van der Waals surface area contributed by atoms with Crippen LogP contribution in [0.1, 0.15) is 17.1 Å². The van der Waals surface area contributed by atoms with Crippen LogP contribution in [0.15, 0.2) is 63.8 Å². The molecule has 0 saturated heterocycles. The molecule has 0 bridgehead atoms. The summed E-state index contributed by atoms with van der Waals surface area (Å²) in [6, 6.07) is 13.1. The largest absolute Gasteiger partial charge is 0.495 e. The van der Waals surface area contributed by atoms with Gasteiger partial charge in [-0.2, -0.15) is 0 Å². The van der Waals surface area contributed by atoms with Gasteiger partial charge in [-0.25, -0.2) is 0 Å². The van der Waals surface area contributed by atoms with Gasteiger partial charge in [0.1, 0.15) is 17.3 Å². The quantitative estimate of drug-likeness (QED) is 0.666. The summed E-state index contributed by atoms with van der Waals surface area (Å²) in [5, 5.41) is 2.93. The predicted molar refractivity (Wildman–Crippen MR) is 97.9 cm³/mol. The lowest BCUT2D eigenvalue weighted by Gasteiger charge is -2.20. The molecule has 2 heterocycles. The highest BCUT2D eigenvalue weighted by Crippen LogP contribution is 2.25. The molecule has 0 radical (unpaired) electrons. The van der Waals surface area contributed by atoms with E-state index in [0.29, 0.717) is 24.5 Å². The Morgan fingerprint density at radius 2 is 1.73 bits per heavy atom. The second kappa shape index (κ2) is 8.40. The molecule has 3 aromatic rings. The monoisotopic (exact) mass is 354 g/mol. The van der Waals surface area contributed by atoms with Gasteiger partial charge in [0.2, 0.25) is 5.91 Å². The fourth-order valence-corrected chi connectivity index (χ4v) is 2.73. The van der Waals surface area contributed by atoms with Gasteiger partial charge < -0.3 is 18.9 Å². The molecule has 0 saturated carbocycles. The number of aryl methyl sites for hydroxylation is 1. The van der Waals surface area contributed by atoms with Crippen molar-refractivity contribution >= 4 is 11.6 Å². The van der Waals surface area contributed by atoms with Crippen LogP contribution in [0.4, 0.5) is 5.69 Å². The number of furan rings is 2. The number of amides is 1. The first kappa shape index (κ1) is 17.8. The highest BCUT2D eigenvalue weighted by atomic mass is 16.5. The number of carbonyl (C=O) groups excluding carboxylic acids is 1. The van der Waals surface area contributed by atoms with E-state index in [2.05, 4.69) is 5.32 Å². The maximum atomic E-state index is 12.6. The number of hydrogen-bond donors (Lipinski definition) is 1. The molecule has 0 aliphatic carbocycles. The van der Waals surface area contributed by atoms with Gasteiger partial charge in [-0.05, 0) is 48.9 Å². The molecule has 0 unspecified atom stereocenters. The lowest BCUT2D eigenvalue weighted by molar-refractivity contribution is -0.117. The Labute approximate surface area is 152 Å². The van der Waals surface area contributed by atoms with Crippen molar-refractivity contribution in [3.63, 3.8) is 0 Å². The van der Waals surface area contributed by atoms with Crippen molar-refractivity contribution in [3.8, 4) is 5.75 Å². The number of carbonyl (C=O) groups is 1. The highest BCUT2D eigenvalue weighted by molar-refractivity contribution is 5.93. The van der Waals surface area contributed by atoms with E-state index in [1.807, 2.05) is 54.3 Å². The number of hydrogen-bond acceptors (Lipinski definition) is 5. The van der Waals surface area contributed by atoms with E-state index in [-0.39, 0.29) is 12.5 Å². The van der Waals surface area contributed by atoms with Crippen molar-refractivity contribution < 1.29 is 18.4 Å². The molecule has 6 nitrogen and oxygen atoms in total. The minimum atomic E-state index is -0.132. The Balaban J connectivity index is 1.69. The van der Waals surface area contributed by atoms with Crippen molar-refractivity contribution in [1.82, 2.24) is 4.90 Å². The van der Waals surface area contributed by atoms with E-state index in [0.717, 1.165) is 17.1 Å². The van der Waals surface area contributed by atoms with Gasteiger partial charge in [0.25, 0.3) is 0 Å². The van der Waals surface area contributed by atoms with Gasteiger partial charge in [0.05, 0.1) is 45.0 Å².